The van der Waals surface area contributed by atoms with E-state index in [1.54, 1.807) is 12.3 Å². The minimum absolute atomic E-state index is 0.0449. The molecule has 86 valence electrons. The molecule has 5 nitrogen and oxygen atoms in total. The van der Waals surface area contributed by atoms with Crippen LogP contribution in [0.3, 0.4) is 0 Å². The van der Waals surface area contributed by atoms with E-state index < -0.39 is 5.97 Å². The van der Waals surface area contributed by atoms with Crippen molar-refractivity contribution in [2.45, 2.75) is 18.9 Å². The monoisotopic (exact) mass is 222 g/mol. The molecule has 0 amide bonds. The zero-order valence-corrected chi connectivity index (χ0v) is 8.83. The molecule has 0 bridgehead atoms. The smallest absolute Gasteiger partial charge is 0.354 e. The van der Waals surface area contributed by atoms with Gasteiger partial charge >= 0.3 is 5.97 Å². The Kier molecular flexibility index (Phi) is 3.05. The van der Waals surface area contributed by atoms with Crippen molar-refractivity contribution in [3.05, 3.63) is 24.0 Å². The molecule has 0 saturated carbocycles. The van der Waals surface area contributed by atoms with Crippen LogP contribution >= 0.6 is 0 Å². The van der Waals surface area contributed by atoms with Gasteiger partial charge in [0.15, 0.2) is 0 Å². The van der Waals surface area contributed by atoms with Crippen molar-refractivity contribution in [3.8, 4) is 0 Å². The number of pyridine rings is 1. The quantitative estimate of drug-likeness (QED) is 0.789. The summed E-state index contributed by atoms with van der Waals surface area (Å²) in [5, 5.41) is 17.9. The third kappa shape index (κ3) is 1.99. The molecular weight excluding hydrogens is 208 g/mol. The van der Waals surface area contributed by atoms with E-state index in [0.717, 1.165) is 25.1 Å². The highest BCUT2D eigenvalue weighted by molar-refractivity contribution is 5.85. The first-order valence-electron chi connectivity index (χ1n) is 5.29. The van der Waals surface area contributed by atoms with Crippen molar-refractivity contribution in [3.63, 3.8) is 0 Å². The van der Waals surface area contributed by atoms with Crippen molar-refractivity contribution in [1.82, 2.24) is 4.98 Å². The molecule has 5 heteroatoms. The summed E-state index contributed by atoms with van der Waals surface area (Å²) >= 11 is 0. The van der Waals surface area contributed by atoms with E-state index in [9.17, 15) is 9.90 Å². The molecular formula is C11H14N2O3. The molecule has 2 heterocycles. The lowest BCUT2D eigenvalue weighted by Gasteiger charge is -2.24. The standard InChI is InChI=1S/C11H14N2O3/c14-7-9-2-1-5-13(9)8-3-4-10(11(15)16)12-6-8/h3-4,6,9,14H,1-2,5,7H2,(H,15,16). The Labute approximate surface area is 93.3 Å². The number of rotatable bonds is 3. The second kappa shape index (κ2) is 4.49. The fourth-order valence-corrected chi connectivity index (χ4v) is 2.05. The van der Waals surface area contributed by atoms with Crippen LogP contribution in [0.25, 0.3) is 0 Å². The van der Waals surface area contributed by atoms with E-state index in [-0.39, 0.29) is 18.3 Å². The van der Waals surface area contributed by atoms with Crippen molar-refractivity contribution < 1.29 is 15.0 Å². The maximum atomic E-state index is 10.6. The van der Waals surface area contributed by atoms with Crippen molar-refractivity contribution in [2.24, 2.45) is 0 Å². The summed E-state index contributed by atoms with van der Waals surface area (Å²) in [6.45, 7) is 1.01. The molecule has 0 radical (unpaired) electrons. The van der Waals surface area contributed by atoms with Crippen molar-refractivity contribution >= 4 is 11.7 Å². The molecule has 1 saturated heterocycles. The Hall–Kier alpha value is -1.62. The first-order chi connectivity index (χ1) is 7.72. The number of carboxylic acid groups (broad SMARTS) is 1. The number of nitrogens with zero attached hydrogens (tertiary/aromatic N) is 2. The summed E-state index contributed by atoms with van der Waals surface area (Å²) in [7, 11) is 0. The minimum atomic E-state index is -1.02. The lowest BCUT2D eigenvalue weighted by Crippen LogP contribution is -2.32. The van der Waals surface area contributed by atoms with Gasteiger partial charge in [0.25, 0.3) is 0 Å². The summed E-state index contributed by atoms with van der Waals surface area (Å²) < 4.78 is 0. The van der Waals surface area contributed by atoms with Gasteiger partial charge < -0.3 is 15.1 Å². The lowest BCUT2D eigenvalue weighted by atomic mass is 10.2. The number of anilines is 1. The Morgan fingerprint density at radius 1 is 1.56 bits per heavy atom. The molecule has 2 N–H and O–H groups in total. The van der Waals surface area contributed by atoms with Gasteiger partial charge in [-0.1, -0.05) is 0 Å². The zero-order valence-electron chi connectivity index (χ0n) is 8.83. The number of aliphatic hydroxyl groups excluding tert-OH is 1. The summed E-state index contributed by atoms with van der Waals surface area (Å²) in [5.41, 5.74) is 0.921. The van der Waals surface area contributed by atoms with Gasteiger partial charge in [0.1, 0.15) is 5.69 Å². The summed E-state index contributed by atoms with van der Waals surface area (Å²) in [6, 6.07) is 3.37. The number of hydrogen-bond donors (Lipinski definition) is 2. The van der Waals surface area contributed by atoms with Crippen LogP contribution in [0.5, 0.6) is 0 Å². The van der Waals surface area contributed by atoms with Crippen LogP contribution in [-0.4, -0.2) is 40.4 Å². The first-order valence-corrected chi connectivity index (χ1v) is 5.29. The van der Waals surface area contributed by atoms with Gasteiger partial charge in [-0.15, -0.1) is 0 Å². The number of carbonyl (C=O) groups is 1. The molecule has 0 aromatic carbocycles. The zero-order chi connectivity index (χ0) is 11.5. The number of aromatic nitrogens is 1. The number of aromatic carboxylic acids is 1. The number of aliphatic hydroxyl groups is 1. The van der Waals surface area contributed by atoms with Crippen LogP contribution in [0, 0.1) is 0 Å². The van der Waals surface area contributed by atoms with Crippen LogP contribution in [0.15, 0.2) is 18.3 Å². The normalized spacial score (nSPS) is 20.1. The van der Waals surface area contributed by atoms with Crippen molar-refractivity contribution in [1.29, 1.82) is 0 Å². The van der Waals surface area contributed by atoms with Gasteiger partial charge in [-0.3, -0.25) is 0 Å². The van der Waals surface area contributed by atoms with E-state index in [4.69, 9.17) is 5.11 Å². The van der Waals surface area contributed by atoms with Gasteiger partial charge in [-0.25, -0.2) is 9.78 Å². The first kappa shape index (κ1) is 10.9. The highest BCUT2D eigenvalue weighted by Gasteiger charge is 2.24. The fourth-order valence-electron chi connectivity index (χ4n) is 2.05. The predicted octanol–water partition coefficient (Wildman–Crippen LogP) is 0.741. The molecule has 1 aliphatic rings. The maximum absolute atomic E-state index is 10.6. The minimum Gasteiger partial charge on any atom is -0.477 e. The third-order valence-electron chi connectivity index (χ3n) is 2.89. The number of carboxylic acids is 1. The molecule has 0 spiro atoms. The van der Waals surface area contributed by atoms with Crippen LogP contribution in [0.4, 0.5) is 5.69 Å². The van der Waals surface area contributed by atoms with E-state index in [2.05, 4.69) is 9.88 Å². The Morgan fingerprint density at radius 2 is 2.38 bits per heavy atom. The highest BCUT2D eigenvalue weighted by atomic mass is 16.4. The predicted molar refractivity (Wildman–Crippen MR) is 58.7 cm³/mol. The molecule has 0 aliphatic carbocycles. The molecule has 1 aromatic heterocycles. The van der Waals surface area contributed by atoms with E-state index in [1.165, 1.54) is 6.07 Å². The van der Waals surface area contributed by atoms with Crippen LogP contribution in [0.2, 0.25) is 0 Å². The summed E-state index contributed by atoms with van der Waals surface area (Å²) in [4.78, 5) is 16.6. The largest absolute Gasteiger partial charge is 0.477 e. The van der Waals surface area contributed by atoms with Crippen LogP contribution in [-0.2, 0) is 0 Å². The summed E-state index contributed by atoms with van der Waals surface area (Å²) in [5.74, 6) is -1.02. The fraction of sp³-hybridized carbons (Fsp3) is 0.455. The Morgan fingerprint density at radius 3 is 2.94 bits per heavy atom. The lowest BCUT2D eigenvalue weighted by molar-refractivity contribution is 0.0690. The molecule has 16 heavy (non-hydrogen) atoms. The molecule has 1 atom stereocenters. The van der Waals surface area contributed by atoms with E-state index in [0.29, 0.717) is 0 Å². The molecule has 1 unspecified atom stereocenters. The Bertz CT molecular complexity index is 377. The topological polar surface area (TPSA) is 73.7 Å². The SMILES string of the molecule is O=C(O)c1ccc(N2CCCC2CO)cn1. The van der Waals surface area contributed by atoms with Crippen LogP contribution < -0.4 is 4.90 Å². The maximum Gasteiger partial charge on any atom is 0.354 e. The second-order valence-electron chi connectivity index (χ2n) is 3.88. The molecule has 1 aromatic rings. The van der Waals surface area contributed by atoms with Gasteiger partial charge in [0, 0.05) is 6.54 Å². The summed E-state index contributed by atoms with van der Waals surface area (Å²) in [6.07, 6.45) is 3.57. The second-order valence-corrected chi connectivity index (χ2v) is 3.88. The Balaban J connectivity index is 2.18. The highest BCUT2D eigenvalue weighted by Crippen LogP contribution is 2.24. The molecule has 1 aliphatic heterocycles. The average Bonchev–Trinajstić information content (AvgIpc) is 2.77. The molecule has 1 fully saturated rings. The average molecular weight is 222 g/mol. The van der Waals surface area contributed by atoms with Crippen LogP contribution in [0.1, 0.15) is 23.3 Å². The number of hydrogen-bond acceptors (Lipinski definition) is 4. The van der Waals surface area contributed by atoms with E-state index in [1.807, 2.05) is 0 Å². The van der Waals surface area contributed by atoms with Gasteiger partial charge in [0.2, 0.25) is 0 Å². The third-order valence-corrected chi connectivity index (χ3v) is 2.89. The van der Waals surface area contributed by atoms with Gasteiger partial charge in [-0.2, -0.15) is 0 Å². The van der Waals surface area contributed by atoms with E-state index >= 15 is 0 Å². The van der Waals surface area contributed by atoms with Gasteiger partial charge in [-0.05, 0) is 25.0 Å². The molecule has 2 rings (SSSR count). The van der Waals surface area contributed by atoms with Crippen molar-refractivity contribution in [2.75, 3.05) is 18.1 Å². The van der Waals surface area contributed by atoms with Gasteiger partial charge in [0.05, 0.1) is 24.5 Å².